The van der Waals surface area contributed by atoms with Gasteiger partial charge in [0.05, 0.1) is 15.7 Å². The average molecular weight is 437 g/mol. The average Bonchev–Trinajstić information content (AvgIpc) is 2.68. The Morgan fingerprint density at radius 1 is 0.966 bits per heavy atom. The molecule has 0 aliphatic carbocycles. The minimum absolute atomic E-state index is 0.115. The summed E-state index contributed by atoms with van der Waals surface area (Å²) in [6, 6.07) is 12.6. The van der Waals surface area contributed by atoms with Gasteiger partial charge in [-0.05, 0) is 56.2 Å². The van der Waals surface area contributed by atoms with Crippen molar-refractivity contribution in [2.75, 3.05) is 24.7 Å². The van der Waals surface area contributed by atoms with E-state index in [9.17, 15) is 21.6 Å². The Morgan fingerprint density at radius 2 is 1.55 bits per heavy atom. The Balaban J connectivity index is 1.70. The van der Waals surface area contributed by atoms with E-state index in [0.29, 0.717) is 25.1 Å². The number of carbonyl (C=O) groups is 1. The molecule has 1 heterocycles. The van der Waals surface area contributed by atoms with E-state index >= 15 is 0 Å². The van der Waals surface area contributed by atoms with E-state index in [1.807, 2.05) is 6.92 Å². The molecule has 0 bridgehead atoms. The fourth-order valence-electron chi connectivity index (χ4n) is 3.26. The molecule has 1 aliphatic rings. The number of aryl methyl sites for hydroxylation is 1. The van der Waals surface area contributed by atoms with Crippen LogP contribution in [0.25, 0.3) is 0 Å². The fraction of sp³-hybridized carbons (Fsp3) is 0.350. The van der Waals surface area contributed by atoms with Crippen LogP contribution < -0.4 is 5.32 Å². The van der Waals surface area contributed by atoms with Crippen molar-refractivity contribution >= 4 is 31.5 Å². The number of anilines is 1. The molecule has 0 radical (unpaired) electrons. The van der Waals surface area contributed by atoms with Crippen molar-refractivity contribution in [1.29, 1.82) is 0 Å². The van der Waals surface area contributed by atoms with Crippen LogP contribution in [0.5, 0.6) is 0 Å². The normalized spacial score (nSPS) is 18.3. The molecule has 156 valence electrons. The molecule has 1 aliphatic heterocycles. The van der Waals surface area contributed by atoms with Crippen molar-refractivity contribution in [3.05, 3.63) is 54.1 Å². The first-order chi connectivity index (χ1) is 13.6. The largest absolute Gasteiger partial charge is 0.326 e. The summed E-state index contributed by atoms with van der Waals surface area (Å²) in [7, 11) is -6.96. The minimum Gasteiger partial charge on any atom is -0.326 e. The Morgan fingerprint density at radius 3 is 2.14 bits per heavy atom. The molecule has 1 fully saturated rings. The van der Waals surface area contributed by atoms with Crippen LogP contribution in [-0.4, -0.2) is 46.4 Å². The summed E-state index contributed by atoms with van der Waals surface area (Å²) in [6.07, 6.45) is 2.30. The highest BCUT2D eigenvalue weighted by Gasteiger charge is 2.33. The van der Waals surface area contributed by atoms with Crippen LogP contribution in [-0.2, 0) is 24.7 Å². The first kappa shape index (κ1) is 21.5. The number of piperidine rings is 1. The van der Waals surface area contributed by atoms with Gasteiger partial charge in [0.25, 0.3) is 0 Å². The van der Waals surface area contributed by atoms with Crippen molar-refractivity contribution in [3.8, 4) is 0 Å². The lowest BCUT2D eigenvalue weighted by Gasteiger charge is -2.31. The zero-order valence-corrected chi connectivity index (χ0v) is 18.0. The summed E-state index contributed by atoms with van der Waals surface area (Å²) in [4.78, 5) is 13.0. The van der Waals surface area contributed by atoms with Crippen LogP contribution in [0.3, 0.4) is 0 Å². The number of nitrogens with zero attached hydrogens (tertiary/aromatic N) is 1. The van der Waals surface area contributed by atoms with Crippen LogP contribution >= 0.6 is 0 Å². The molecular weight excluding hydrogens is 412 g/mol. The minimum atomic E-state index is -3.65. The van der Waals surface area contributed by atoms with Gasteiger partial charge in [0.2, 0.25) is 15.9 Å². The number of nitrogens with one attached hydrogen (secondary N) is 1. The van der Waals surface area contributed by atoms with Gasteiger partial charge in [-0.15, -0.1) is 0 Å². The molecule has 1 atom stereocenters. The van der Waals surface area contributed by atoms with Gasteiger partial charge in [0.15, 0.2) is 9.84 Å². The number of benzene rings is 2. The number of amides is 1. The quantitative estimate of drug-likeness (QED) is 0.776. The number of sulfone groups is 1. The summed E-state index contributed by atoms with van der Waals surface area (Å²) in [5.41, 5.74) is 1.45. The monoisotopic (exact) mass is 436 g/mol. The molecule has 1 saturated heterocycles. The maximum absolute atomic E-state index is 12.9. The second kappa shape index (κ2) is 8.25. The number of carbonyl (C=O) groups excluding carboxylic acids is 1. The molecule has 2 aromatic carbocycles. The SMILES string of the molecule is Cc1ccc(S(=O)(=O)N2CCCC(C(=O)Nc3ccc(S(C)(=O)=O)cc3)C2)cc1. The Bertz CT molecular complexity index is 1090. The third-order valence-corrected chi connectivity index (χ3v) is 7.97. The van der Waals surface area contributed by atoms with Crippen LogP contribution in [0, 0.1) is 12.8 Å². The second-order valence-corrected chi connectivity index (χ2v) is 11.3. The van der Waals surface area contributed by atoms with Gasteiger partial charge < -0.3 is 5.32 Å². The fourth-order valence-corrected chi connectivity index (χ4v) is 5.42. The molecule has 29 heavy (non-hydrogen) atoms. The van der Waals surface area contributed by atoms with E-state index in [1.165, 1.54) is 28.6 Å². The first-order valence-electron chi connectivity index (χ1n) is 9.25. The standard InChI is InChI=1S/C20H24N2O5S2/c1-15-5-9-19(10-6-15)29(26,27)22-13-3-4-16(14-22)20(23)21-17-7-11-18(12-8-17)28(2,24)25/h5-12,16H,3-4,13-14H2,1-2H3,(H,21,23). The molecule has 0 saturated carbocycles. The molecule has 1 amide bonds. The molecular formula is C20H24N2O5S2. The first-order valence-corrected chi connectivity index (χ1v) is 12.6. The number of hydrogen-bond acceptors (Lipinski definition) is 5. The summed E-state index contributed by atoms with van der Waals surface area (Å²) in [5, 5.41) is 2.75. The highest BCUT2D eigenvalue weighted by atomic mass is 32.2. The second-order valence-electron chi connectivity index (χ2n) is 7.30. The van der Waals surface area contributed by atoms with Crippen molar-refractivity contribution in [1.82, 2.24) is 4.31 Å². The lowest BCUT2D eigenvalue weighted by atomic mass is 9.99. The van der Waals surface area contributed by atoms with Crippen LogP contribution in [0.4, 0.5) is 5.69 Å². The van der Waals surface area contributed by atoms with E-state index in [-0.39, 0.29) is 22.2 Å². The summed E-state index contributed by atoms with van der Waals surface area (Å²) in [5.74, 6) is -0.750. The van der Waals surface area contributed by atoms with Crippen molar-refractivity contribution in [2.24, 2.45) is 5.92 Å². The van der Waals surface area contributed by atoms with E-state index in [4.69, 9.17) is 0 Å². The van der Waals surface area contributed by atoms with Crippen molar-refractivity contribution in [3.63, 3.8) is 0 Å². The molecule has 9 heteroatoms. The van der Waals surface area contributed by atoms with Crippen LogP contribution in [0.2, 0.25) is 0 Å². The van der Waals surface area contributed by atoms with E-state index < -0.39 is 25.8 Å². The predicted octanol–water partition coefficient (Wildman–Crippen LogP) is 2.44. The van der Waals surface area contributed by atoms with Crippen LogP contribution in [0.15, 0.2) is 58.3 Å². The highest BCUT2D eigenvalue weighted by Crippen LogP contribution is 2.25. The molecule has 0 spiro atoms. The third-order valence-electron chi connectivity index (χ3n) is 4.96. The van der Waals surface area contributed by atoms with Gasteiger partial charge in [0.1, 0.15) is 0 Å². The Hall–Kier alpha value is -2.23. The lowest BCUT2D eigenvalue weighted by molar-refractivity contribution is -0.120. The van der Waals surface area contributed by atoms with Gasteiger partial charge in [0, 0.05) is 25.0 Å². The lowest BCUT2D eigenvalue weighted by Crippen LogP contribution is -2.43. The maximum Gasteiger partial charge on any atom is 0.243 e. The molecule has 2 aromatic rings. The van der Waals surface area contributed by atoms with Crippen molar-refractivity contribution in [2.45, 2.75) is 29.6 Å². The summed E-state index contributed by atoms with van der Waals surface area (Å²) >= 11 is 0. The number of hydrogen-bond donors (Lipinski definition) is 1. The Labute approximate surface area is 171 Å². The van der Waals surface area contributed by atoms with E-state index in [2.05, 4.69) is 5.32 Å². The third kappa shape index (κ3) is 5.04. The zero-order valence-electron chi connectivity index (χ0n) is 16.3. The van der Waals surface area contributed by atoms with E-state index in [1.54, 1.807) is 24.3 Å². The summed E-state index contributed by atoms with van der Waals surface area (Å²) in [6.45, 7) is 2.38. The van der Waals surface area contributed by atoms with Crippen molar-refractivity contribution < 1.29 is 21.6 Å². The highest BCUT2D eigenvalue weighted by molar-refractivity contribution is 7.90. The summed E-state index contributed by atoms with van der Waals surface area (Å²) < 4.78 is 50.2. The predicted molar refractivity (Wildman–Crippen MR) is 111 cm³/mol. The van der Waals surface area contributed by atoms with Gasteiger partial charge in [-0.2, -0.15) is 4.31 Å². The topological polar surface area (TPSA) is 101 Å². The molecule has 0 aromatic heterocycles. The Kier molecular flexibility index (Phi) is 6.11. The zero-order chi connectivity index (χ0) is 21.2. The maximum atomic E-state index is 12.9. The van der Waals surface area contributed by atoms with Gasteiger partial charge in [-0.3, -0.25) is 4.79 Å². The molecule has 7 nitrogen and oxygen atoms in total. The number of rotatable bonds is 5. The molecule has 1 N–H and O–H groups in total. The van der Waals surface area contributed by atoms with Crippen LogP contribution in [0.1, 0.15) is 18.4 Å². The number of sulfonamides is 1. The van der Waals surface area contributed by atoms with Gasteiger partial charge >= 0.3 is 0 Å². The molecule has 1 unspecified atom stereocenters. The smallest absolute Gasteiger partial charge is 0.243 e. The van der Waals surface area contributed by atoms with Gasteiger partial charge in [-0.25, -0.2) is 16.8 Å². The van der Waals surface area contributed by atoms with E-state index in [0.717, 1.165) is 11.8 Å². The molecule has 3 rings (SSSR count). The van der Waals surface area contributed by atoms with Gasteiger partial charge in [-0.1, -0.05) is 17.7 Å².